The topological polar surface area (TPSA) is 63.8 Å². The van der Waals surface area contributed by atoms with E-state index in [2.05, 4.69) is 29.1 Å². The van der Waals surface area contributed by atoms with Crippen LogP contribution in [0.2, 0.25) is 0 Å². The fraction of sp³-hybridized carbons (Fsp3) is 0.250. The van der Waals surface area contributed by atoms with Crippen molar-refractivity contribution in [2.45, 2.75) is 26.8 Å². The Hall–Kier alpha value is -2.14. The predicted molar refractivity (Wildman–Crippen MR) is 89.8 cm³/mol. The highest BCUT2D eigenvalue weighted by molar-refractivity contribution is 7.11. The molecule has 4 nitrogen and oxygen atoms in total. The molecule has 21 heavy (non-hydrogen) atoms. The van der Waals surface area contributed by atoms with E-state index in [1.54, 1.807) is 17.5 Å². The first kappa shape index (κ1) is 13.8. The van der Waals surface area contributed by atoms with Gasteiger partial charge in [-0.1, -0.05) is 0 Å². The molecule has 5 heteroatoms. The minimum Gasteiger partial charge on any atom is -0.398 e. The Labute approximate surface area is 128 Å². The molecular formula is C16H18N4S. The fourth-order valence-corrected chi connectivity index (χ4v) is 3.49. The monoisotopic (exact) mass is 298 g/mol. The van der Waals surface area contributed by atoms with Gasteiger partial charge in [-0.2, -0.15) is 0 Å². The molecule has 3 aromatic rings. The second-order valence-corrected chi connectivity index (χ2v) is 6.39. The number of hydrogen-bond acceptors (Lipinski definition) is 5. The number of aromatic nitrogens is 2. The Bertz CT molecular complexity index is 794. The van der Waals surface area contributed by atoms with Gasteiger partial charge < -0.3 is 11.1 Å². The Kier molecular flexibility index (Phi) is 3.51. The van der Waals surface area contributed by atoms with Crippen LogP contribution in [0.5, 0.6) is 0 Å². The van der Waals surface area contributed by atoms with Crippen molar-refractivity contribution in [3.05, 3.63) is 46.0 Å². The van der Waals surface area contributed by atoms with Crippen molar-refractivity contribution in [1.29, 1.82) is 0 Å². The van der Waals surface area contributed by atoms with E-state index in [0.717, 1.165) is 33.0 Å². The van der Waals surface area contributed by atoms with Crippen molar-refractivity contribution in [2.24, 2.45) is 0 Å². The van der Waals surface area contributed by atoms with E-state index in [1.165, 1.54) is 4.88 Å². The lowest BCUT2D eigenvalue weighted by Crippen LogP contribution is -2.07. The number of hydrogen-bond donors (Lipinski definition) is 2. The van der Waals surface area contributed by atoms with Crippen LogP contribution in [0.25, 0.3) is 10.9 Å². The van der Waals surface area contributed by atoms with Crippen LogP contribution >= 0.6 is 11.3 Å². The van der Waals surface area contributed by atoms with Crippen molar-refractivity contribution in [1.82, 2.24) is 9.97 Å². The molecule has 3 rings (SSSR count). The van der Waals surface area contributed by atoms with E-state index in [9.17, 15) is 0 Å². The third-order valence-corrected chi connectivity index (χ3v) is 4.76. The zero-order valence-electron chi connectivity index (χ0n) is 12.3. The molecule has 0 bridgehead atoms. The molecule has 0 spiro atoms. The number of aryl methyl sites for hydroxylation is 2. The molecular weight excluding hydrogens is 280 g/mol. The Morgan fingerprint density at radius 1 is 1.24 bits per heavy atom. The van der Waals surface area contributed by atoms with Gasteiger partial charge in [0.05, 0.1) is 27.9 Å². The lowest BCUT2D eigenvalue weighted by atomic mass is 10.1. The smallest absolute Gasteiger partial charge is 0.0954 e. The number of fused-ring (bicyclic) bond motifs is 1. The number of rotatable bonds is 3. The van der Waals surface area contributed by atoms with Crippen LogP contribution in [-0.2, 0) is 0 Å². The molecule has 0 aliphatic heterocycles. The quantitative estimate of drug-likeness (QED) is 0.716. The van der Waals surface area contributed by atoms with Gasteiger partial charge in [0.15, 0.2) is 0 Å². The molecule has 0 fully saturated rings. The molecule has 1 atom stereocenters. The molecule has 0 saturated carbocycles. The highest BCUT2D eigenvalue weighted by Gasteiger charge is 2.14. The number of thiazole rings is 1. The minimum atomic E-state index is 0.185. The second kappa shape index (κ2) is 5.33. The van der Waals surface area contributed by atoms with Gasteiger partial charge in [-0.3, -0.25) is 4.98 Å². The number of benzene rings is 1. The number of nitrogens with one attached hydrogen (secondary N) is 1. The molecule has 0 amide bonds. The minimum absolute atomic E-state index is 0.185. The van der Waals surface area contributed by atoms with E-state index in [1.807, 2.05) is 31.2 Å². The largest absolute Gasteiger partial charge is 0.398 e. The first-order chi connectivity index (χ1) is 10.1. The van der Waals surface area contributed by atoms with E-state index >= 15 is 0 Å². The Balaban J connectivity index is 1.99. The lowest BCUT2D eigenvalue weighted by Gasteiger charge is -2.16. The van der Waals surface area contributed by atoms with Crippen molar-refractivity contribution in [2.75, 3.05) is 11.1 Å². The first-order valence-electron chi connectivity index (χ1n) is 6.90. The summed E-state index contributed by atoms with van der Waals surface area (Å²) < 4.78 is 0. The summed E-state index contributed by atoms with van der Waals surface area (Å²) in [5, 5.41) is 5.61. The number of pyridine rings is 1. The van der Waals surface area contributed by atoms with Crippen molar-refractivity contribution >= 4 is 33.6 Å². The molecule has 3 N–H and O–H groups in total. The van der Waals surface area contributed by atoms with Crippen LogP contribution in [-0.4, -0.2) is 9.97 Å². The summed E-state index contributed by atoms with van der Waals surface area (Å²) in [5.74, 6) is 0. The van der Waals surface area contributed by atoms with Gasteiger partial charge in [0, 0.05) is 22.1 Å². The van der Waals surface area contributed by atoms with Crippen LogP contribution in [0.1, 0.15) is 28.5 Å². The number of nitrogen functional groups attached to an aromatic ring is 1. The molecule has 0 aliphatic carbocycles. The van der Waals surface area contributed by atoms with Gasteiger partial charge in [-0.15, -0.1) is 11.3 Å². The van der Waals surface area contributed by atoms with Crippen LogP contribution in [0, 0.1) is 13.8 Å². The highest BCUT2D eigenvalue weighted by atomic mass is 32.1. The summed E-state index contributed by atoms with van der Waals surface area (Å²) in [6.07, 6.45) is 1.79. The van der Waals surface area contributed by atoms with Gasteiger partial charge in [-0.05, 0) is 45.0 Å². The van der Waals surface area contributed by atoms with Crippen LogP contribution in [0.3, 0.4) is 0 Å². The standard InChI is InChI=1S/C16H18N4S/c1-9-16(21-11(3)19-9)10(2)20-14-7-6-13(17)12-5-4-8-18-15(12)14/h4-8,10,20H,17H2,1-3H3. The van der Waals surface area contributed by atoms with Crippen molar-refractivity contribution in [3.8, 4) is 0 Å². The fourth-order valence-electron chi connectivity index (χ4n) is 2.56. The molecule has 1 aromatic carbocycles. The molecule has 2 heterocycles. The number of anilines is 2. The Morgan fingerprint density at radius 2 is 2.05 bits per heavy atom. The maximum absolute atomic E-state index is 6.02. The lowest BCUT2D eigenvalue weighted by molar-refractivity contribution is 0.891. The van der Waals surface area contributed by atoms with Gasteiger partial charge >= 0.3 is 0 Å². The summed E-state index contributed by atoms with van der Waals surface area (Å²) in [7, 11) is 0. The van der Waals surface area contributed by atoms with E-state index < -0.39 is 0 Å². The Morgan fingerprint density at radius 3 is 2.76 bits per heavy atom. The molecule has 0 radical (unpaired) electrons. The predicted octanol–water partition coefficient (Wildman–Crippen LogP) is 4.06. The van der Waals surface area contributed by atoms with Crippen LogP contribution in [0.15, 0.2) is 30.5 Å². The maximum Gasteiger partial charge on any atom is 0.0954 e. The summed E-state index contributed by atoms with van der Waals surface area (Å²) >= 11 is 1.73. The van der Waals surface area contributed by atoms with Gasteiger partial charge in [0.2, 0.25) is 0 Å². The summed E-state index contributed by atoms with van der Waals surface area (Å²) in [4.78, 5) is 10.2. The second-order valence-electron chi connectivity index (χ2n) is 5.15. The van der Waals surface area contributed by atoms with E-state index in [4.69, 9.17) is 5.73 Å². The van der Waals surface area contributed by atoms with E-state index in [0.29, 0.717) is 0 Å². The molecule has 0 saturated heterocycles. The third-order valence-electron chi connectivity index (χ3n) is 3.51. The van der Waals surface area contributed by atoms with Gasteiger partial charge in [-0.25, -0.2) is 4.98 Å². The summed E-state index contributed by atoms with van der Waals surface area (Å²) in [6.45, 7) is 6.23. The maximum atomic E-state index is 6.02. The zero-order chi connectivity index (χ0) is 15.0. The summed E-state index contributed by atoms with van der Waals surface area (Å²) in [5.41, 5.74) is 9.76. The van der Waals surface area contributed by atoms with Gasteiger partial charge in [0.1, 0.15) is 0 Å². The molecule has 1 unspecified atom stereocenters. The summed E-state index contributed by atoms with van der Waals surface area (Å²) in [6, 6.07) is 8.00. The van der Waals surface area contributed by atoms with Crippen LogP contribution < -0.4 is 11.1 Å². The average Bonchev–Trinajstić information content (AvgIpc) is 2.81. The number of nitrogens with two attached hydrogens (primary N) is 1. The average molecular weight is 298 g/mol. The van der Waals surface area contributed by atoms with Crippen molar-refractivity contribution in [3.63, 3.8) is 0 Å². The van der Waals surface area contributed by atoms with Crippen molar-refractivity contribution < 1.29 is 0 Å². The zero-order valence-corrected chi connectivity index (χ0v) is 13.2. The number of nitrogens with zero attached hydrogens (tertiary/aromatic N) is 2. The van der Waals surface area contributed by atoms with E-state index in [-0.39, 0.29) is 6.04 Å². The molecule has 108 valence electrons. The van der Waals surface area contributed by atoms with Crippen LogP contribution in [0.4, 0.5) is 11.4 Å². The first-order valence-corrected chi connectivity index (χ1v) is 7.71. The highest BCUT2D eigenvalue weighted by Crippen LogP contribution is 2.31. The normalized spacial score (nSPS) is 12.5. The molecule has 0 aliphatic rings. The van der Waals surface area contributed by atoms with Gasteiger partial charge in [0.25, 0.3) is 0 Å². The third kappa shape index (κ3) is 2.56. The molecule has 2 aromatic heterocycles. The SMILES string of the molecule is Cc1nc(C)c(C(C)Nc2ccc(N)c3cccnc23)s1.